The largest absolute Gasteiger partial charge is 0.484 e. The van der Waals surface area contributed by atoms with E-state index in [1.54, 1.807) is 54.7 Å². The lowest BCUT2D eigenvalue weighted by Crippen LogP contribution is -2.22. The molecule has 0 spiro atoms. The van der Waals surface area contributed by atoms with Crippen LogP contribution in [-0.4, -0.2) is 22.4 Å². The maximum absolute atomic E-state index is 13.4. The van der Waals surface area contributed by atoms with E-state index in [1.165, 1.54) is 23.9 Å². The summed E-state index contributed by atoms with van der Waals surface area (Å²) in [4.78, 5) is 20.9. The van der Waals surface area contributed by atoms with Crippen LogP contribution in [0.15, 0.2) is 81.4 Å². The van der Waals surface area contributed by atoms with E-state index >= 15 is 0 Å². The number of hydrogen-bond donors (Lipinski definition) is 1. The summed E-state index contributed by atoms with van der Waals surface area (Å²) in [6.07, 6.45) is 1.07. The Morgan fingerprint density at radius 1 is 1.15 bits per heavy atom. The number of pyridine rings is 1. The summed E-state index contributed by atoms with van der Waals surface area (Å²) < 4.78 is 25.5. The van der Waals surface area contributed by atoms with Crippen LogP contribution < -0.4 is 10.1 Å². The molecule has 34 heavy (non-hydrogen) atoms. The van der Waals surface area contributed by atoms with Gasteiger partial charge in [0.05, 0.1) is 5.02 Å². The van der Waals surface area contributed by atoms with Crippen LogP contribution >= 0.6 is 23.4 Å². The summed E-state index contributed by atoms with van der Waals surface area (Å²) in [5, 5.41) is 4.46. The van der Waals surface area contributed by atoms with Gasteiger partial charge in [-0.25, -0.2) is 14.4 Å². The molecule has 4 rings (SSSR count). The highest BCUT2D eigenvalue weighted by molar-refractivity contribution is 7.99. The van der Waals surface area contributed by atoms with Crippen molar-refractivity contribution < 1.29 is 18.3 Å². The fourth-order valence-electron chi connectivity index (χ4n) is 3.09. The van der Waals surface area contributed by atoms with Gasteiger partial charge in [0.1, 0.15) is 28.4 Å². The number of halogens is 2. The number of benzene rings is 2. The van der Waals surface area contributed by atoms with Crippen molar-refractivity contribution in [2.75, 3.05) is 6.54 Å². The molecule has 4 aromatic rings. The van der Waals surface area contributed by atoms with E-state index < -0.39 is 6.10 Å². The standard InChI is InChI=1S/C25H21ClFN3O3S/c1-3-28-23(31)16-6-11-20(12-7-16)32-15(2)22-25(34-21-13-8-18(26)14-29-21)33-24(30-22)17-4-9-19(27)10-5-17/h4-15H,3H2,1-2H3,(H,28,31). The molecule has 1 N–H and O–H groups in total. The minimum Gasteiger partial charge on any atom is -0.484 e. The molecule has 0 aliphatic heterocycles. The minimum absolute atomic E-state index is 0.142. The Morgan fingerprint density at radius 2 is 1.88 bits per heavy atom. The zero-order chi connectivity index (χ0) is 24.1. The van der Waals surface area contributed by atoms with E-state index in [0.29, 0.717) is 50.1 Å². The van der Waals surface area contributed by atoms with Gasteiger partial charge in [0, 0.05) is 23.9 Å². The number of nitrogens with zero attached hydrogens (tertiary/aromatic N) is 2. The lowest BCUT2D eigenvalue weighted by atomic mass is 10.2. The Labute approximate surface area is 205 Å². The van der Waals surface area contributed by atoms with Crippen molar-refractivity contribution in [1.82, 2.24) is 15.3 Å². The molecule has 0 fully saturated rings. The van der Waals surface area contributed by atoms with E-state index in [1.807, 2.05) is 13.8 Å². The lowest BCUT2D eigenvalue weighted by molar-refractivity contribution is 0.0955. The number of carbonyl (C=O) groups is 1. The molecule has 0 saturated heterocycles. The van der Waals surface area contributed by atoms with Crippen molar-refractivity contribution in [2.24, 2.45) is 0 Å². The Balaban J connectivity index is 1.60. The molecule has 2 heterocycles. The summed E-state index contributed by atoms with van der Waals surface area (Å²) in [6, 6.07) is 16.3. The SMILES string of the molecule is CCNC(=O)c1ccc(OC(C)c2nc(-c3ccc(F)cc3)oc2Sc2ccc(Cl)cn2)cc1. The third-order valence-electron chi connectivity index (χ3n) is 4.76. The number of carbonyl (C=O) groups excluding carboxylic acids is 1. The van der Waals surface area contributed by atoms with Gasteiger partial charge >= 0.3 is 0 Å². The molecule has 6 nitrogen and oxygen atoms in total. The van der Waals surface area contributed by atoms with Gasteiger partial charge in [-0.3, -0.25) is 4.79 Å². The summed E-state index contributed by atoms with van der Waals surface area (Å²) in [5.74, 6) is 0.431. The third kappa shape index (κ3) is 5.76. The number of oxazole rings is 1. The normalized spacial score (nSPS) is 11.8. The Bertz CT molecular complexity index is 1260. The molecule has 2 aromatic carbocycles. The molecule has 1 unspecified atom stereocenters. The van der Waals surface area contributed by atoms with Crippen molar-refractivity contribution in [3.05, 3.63) is 89.0 Å². The van der Waals surface area contributed by atoms with Gasteiger partial charge in [0.15, 0.2) is 5.09 Å². The summed E-state index contributed by atoms with van der Waals surface area (Å²) in [7, 11) is 0. The Hall–Kier alpha value is -3.36. The first-order chi connectivity index (χ1) is 16.4. The molecule has 1 atom stereocenters. The molecule has 0 aliphatic rings. The predicted octanol–water partition coefficient (Wildman–Crippen LogP) is 6.57. The maximum Gasteiger partial charge on any atom is 0.251 e. The minimum atomic E-state index is -0.483. The molecule has 1 amide bonds. The average molecular weight is 498 g/mol. The van der Waals surface area contributed by atoms with Gasteiger partial charge in [-0.2, -0.15) is 0 Å². The molecule has 0 aliphatic carbocycles. The van der Waals surface area contributed by atoms with E-state index in [-0.39, 0.29) is 11.7 Å². The van der Waals surface area contributed by atoms with Gasteiger partial charge in [-0.15, -0.1) is 0 Å². The van der Waals surface area contributed by atoms with E-state index in [2.05, 4.69) is 15.3 Å². The molecule has 174 valence electrons. The van der Waals surface area contributed by atoms with Crippen LogP contribution in [0.5, 0.6) is 5.75 Å². The topological polar surface area (TPSA) is 77.2 Å². The van der Waals surface area contributed by atoms with Crippen LogP contribution in [0.25, 0.3) is 11.5 Å². The fraction of sp³-hybridized carbons (Fsp3) is 0.160. The second kappa shape index (κ2) is 10.7. The van der Waals surface area contributed by atoms with Crippen LogP contribution in [0, 0.1) is 5.82 Å². The number of aromatic nitrogens is 2. The van der Waals surface area contributed by atoms with Gasteiger partial charge in [0.25, 0.3) is 5.91 Å². The van der Waals surface area contributed by atoms with Gasteiger partial charge < -0.3 is 14.5 Å². The quantitative estimate of drug-likeness (QED) is 0.296. The van der Waals surface area contributed by atoms with Crippen molar-refractivity contribution in [1.29, 1.82) is 0 Å². The summed E-state index contributed by atoms with van der Waals surface area (Å²) in [6.45, 7) is 4.27. The van der Waals surface area contributed by atoms with Crippen molar-refractivity contribution in [3.63, 3.8) is 0 Å². The monoisotopic (exact) mass is 497 g/mol. The molecular weight excluding hydrogens is 477 g/mol. The van der Waals surface area contributed by atoms with E-state index in [0.717, 1.165) is 0 Å². The van der Waals surface area contributed by atoms with Crippen LogP contribution in [-0.2, 0) is 0 Å². The van der Waals surface area contributed by atoms with Crippen molar-refractivity contribution >= 4 is 29.3 Å². The zero-order valence-electron chi connectivity index (χ0n) is 18.4. The molecule has 9 heteroatoms. The number of nitrogens with one attached hydrogen (secondary N) is 1. The second-order valence-electron chi connectivity index (χ2n) is 7.26. The smallest absolute Gasteiger partial charge is 0.251 e. The molecular formula is C25H21ClFN3O3S. The molecule has 0 radical (unpaired) electrons. The fourth-order valence-corrected chi connectivity index (χ4v) is 4.07. The average Bonchev–Trinajstić information content (AvgIpc) is 3.25. The molecule has 0 saturated carbocycles. The number of ether oxygens (including phenoxy) is 1. The van der Waals surface area contributed by atoms with Crippen molar-refractivity contribution in [2.45, 2.75) is 30.1 Å². The molecule has 2 aromatic heterocycles. The highest BCUT2D eigenvalue weighted by Crippen LogP contribution is 2.37. The van der Waals surface area contributed by atoms with E-state index in [4.69, 9.17) is 20.8 Å². The number of rotatable bonds is 8. The molecule has 0 bridgehead atoms. The highest BCUT2D eigenvalue weighted by Gasteiger charge is 2.23. The van der Waals surface area contributed by atoms with Crippen LogP contribution in [0.3, 0.4) is 0 Å². The predicted molar refractivity (Wildman–Crippen MR) is 129 cm³/mol. The highest BCUT2D eigenvalue weighted by atomic mass is 35.5. The first-order valence-electron chi connectivity index (χ1n) is 10.5. The summed E-state index contributed by atoms with van der Waals surface area (Å²) in [5.41, 5.74) is 1.75. The van der Waals surface area contributed by atoms with Gasteiger partial charge in [0.2, 0.25) is 5.89 Å². The van der Waals surface area contributed by atoms with Gasteiger partial charge in [-0.05, 0) is 86.3 Å². The number of amides is 1. The lowest BCUT2D eigenvalue weighted by Gasteiger charge is -2.14. The van der Waals surface area contributed by atoms with Crippen LogP contribution in [0.1, 0.15) is 36.0 Å². The van der Waals surface area contributed by atoms with Crippen LogP contribution in [0.4, 0.5) is 4.39 Å². The van der Waals surface area contributed by atoms with Crippen LogP contribution in [0.2, 0.25) is 5.02 Å². The first-order valence-corrected chi connectivity index (χ1v) is 11.7. The zero-order valence-corrected chi connectivity index (χ0v) is 20.0. The van der Waals surface area contributed by atoms with Gasteiger partial charge in [-0.1, -0.05) is 11.6 Å². The maximum atomic E-state index is 13.4. The Kier molecular flexibility index (Phi) is 7.49. The third-order valence-corrected chi connectivity index (χ3v) is 5.91. The van der Waals surface area contributed by atoms with Crippen molar-refractivity contribution in [3.8, 4) is 17.2 Å². The summed E-state index contributed by atoms with van der Waals surface area (Å²) >= 11 is 7.23. The first kappa shape index (κ1) is 23.8. The number of hydrogen-bond acceptors (Lipinski definition) is 6. The van der Waals surface area contributed by atoms with E-state index in [9.17, 15) is 9.18 Å². The second-order valence-corrected chi connectivity index (χ2v) is 8.69. The Morgan fingerprint density at radius 3 is 2.53 bits per heavy atom.